The molecule has 0 fully saturated rings. The molecular formula is C20H20N2O3S2. The first-order valence-electron chi connectivity index (χ1n) is 8.55. The van der Waals surface area contributed by atoms with Gasteiger partial charge < -0.3 is 10.1 Å². The van der Waals surface area contributed by atoms with Gasteiger partial charge in [-0.1, -0.05) is 36.0 Å². The van der Waals surface area contributed by atoms with Crippen LogP contribution in [0.5, 0.6) is 0 Å². The number of ether oxygens (including phenoxy) is 1. The molecule has 1 amide bonds. The number of amides is 1. The Hall–Kier alpha value is -2.38. The van der Waals surface area contributed by atoms with E-state index in [-0.39, 0.29) is 11.7 Å². The summed E-state index contributed by atoms with van der Waals surface area (Å²) in [6, 6.07) is 11.8. The molecule has 0 bridgehead atoms. The van der Waals surface area contributed by atoms with Crippen LogP contribution in [0.2, 0.25) is 0 Å². The van der Waals surface area contributed by atoms with Crippen LogP contribution in [-0.4, -0.2) is 29.2 Å². The number of pyridine rings is 1. The number of benzene rings is 1. The summed E-state index contributed by atoms with van der Waals surface area (Å²) in [5.41, 5.74) is 2.19. The normalized spacial score (nSPS) is 10.8. The fourth-order valence-electron chi connectivity index (χ4n) is 2.59. The molecule has 0 aliphatic carbocycles. The molecule has 2 heterocycles. The lowest BCUT2D eigenvalue weighted by atomic mass is 10.1. The Labute approximate surface area is 166 Å². The maximum absolute atomic E-state index is 12.4. The van der Waals surface area contributed by atoms with Crippen LogP contribution in [0.15, 0.2) is 41.4 Å². The van der Waals surface area contributed by atoms with Crippen molar-refractivity contribution in [1.82, 2.24) is 4.98 Å². The van der Waals surface area contributed by atoms with E-state index < -0.39 is 5.97 Å². The Morgan fingerprint density at radius 3 is 2.74 bits per heavy atom. The van der Waals surface area contributed by atoms with Crippen molar-refractivity contribution in [2.75, 3.05) is 17.7 Å². The van der Waals surface area contributed by atoms with Gasteiger partial charge in [-0.15, -0.1) is 11.3 Å². The summed E-state index contributed by atoms with van der Waals surface area (Å²) in [5.74, 6) is -0.371. The molecule has 0 atom stereocenters. The molecule has 0 aliphatic heterocycles. The number of carbonyl (C=O) groups is 2. The van der Waals surface area contributed by atoms with Crippen LogP contribution < -0.4 is 5.32 Å². The number of carbonyl (C=O) groups excluding carboxylic acids is 2. The molecule has 1 aromatic carbocycles. The quantitative estimate of drug-likeness (QED) is 0.474. The Morgan fingerprint density at radius 1 is 1.19 bits per heavy atom. The van der Waals surface area contributed by atoms with Crippen LogP contribution in [0.25, 0.3) is 10.9 Å². The SMILES string of the molecule is CCOC(=O)c1c(NC(=O)CSc2ccc3ccccc3n2)sc(C)c1C. The molecule has 0 aliphatic rings. The van der Waals surface area contributed by atoms with Crippen LogP contribution in [0.3, 0.4) is 0 Å². The molecule has 3 aromatic rings. The maximum atomic E-state index is 12.4. The monoisotopic (exact) mass is 400 g/mol. The third-order valence-corrected chi connectivity index (χ3v) is 6.09. The Balaban J connectivity index is 1.68. The van der Waals surface area contributed by atoms with Crippen LogP contribution in [-0.2, 0) is 9.53 Å². The summed E-state index contributed by atoms with van der Waals surface area (Å²) in [6.07, 6.45) is 0. The van der Waals surface area contributed by atoms with Crippen molar-refractivity contribution in [2.45, 2.75) is 25.8 Å². The van der Waals surface area contributed by atoms with E-state index in [1.807, 2.05) is 50.2 Å². The molecule has 1 N–H and O–H groups in total. The Morgan fingerprint density at radius 2 is 1.96 bits per heavy atom. The molecule has 140 valence electrons. The van der Waals surface area contributed by atoms with Gasteiger partial charge in [0.15, 0.2) is 0 Å². The van der Waals surface area contributed by atoms with Crippen molar-refractivity contribution in [1.29, 1.82) is 0 Å². The predicted molar refractivity (Wildman–Crippen MR) is 111 cm³/mol. The predicted octanol–water partition coefficient (Wildman–Crippen LogP) is 4.82. The van der Waals surface area contributed by atoms with E-state index >= 15 is 0 Å². The second-order valence-electron chi connectivity index (χ2n) is 5.89. The third kappa shape index (κ3) is 4.48. The van der Waals surface area contributed by atoms with Gasteiger partial charge in [-0.3, -0.25) is 4.79 Å². The van der Waals surface area contributed by atoms with Crippen LogP contribution >= 0.6 is 23.1 Å². The summed E-state index contributed by atoms with van der Waals surface area (Å²) in [6.45, 7) is 5.84. The smallest absolute Gasteiger partial charge is 0.341 e. The number of aryl methyl sites for hydroxylation is 1. The second-order valence-corrected chi connectivity index (χ2v) is 8.11. The molecule has 0 spiro atoms. The number of thiophene rings is 1. The number of nitrogens with one attached hydrogen (secondary N) is 1. The number of esters is 1. The number of anilines is 1. The summed E-state index contributed by atoms with van der Waals surface area (Å²) in [4.78, 5) is 30.1. The molecule has 0 saturated heterocycles. The number of aromatic nitrogens is 1. The fraction of sp³-hybridized carbons (Fsp3) is 0.250. The van der Waals surface area contributed by atoms with Gasteiger partial charge in [-0.05, 0) is 38.5 Å². The van der Waals surface area contributed by atoms with E-state index in [0.29, 0.717) is 17.2 Å². The van der Waals surface area contributed by atoms with E-state index in [2.05, 4.69) is 10.3 Å². The van der Waals surface area contributed by atoms with Crippen molar-refractivity contribution >= 4 is 50.9 Å². The van der Waals surface area contributed by atoms with Gasteiger partial charge in [0.1, 0.15) is 5.00 Å². The highest BCUT2D eigenvalue weighted by Gasteiger charge is 2.22. The van der Waals surface area contributed by atoms with Crippen molar-refractivity contribution < 1.29 is 14.3 Å². The highest BCUT2D eigenvalue weighted by Crippen LogP contribution is 2.33. The summed E-state index contributed by atoms with van der Waals surface area (Å²) < 4.78 is 5.12. The zero-order valence-corrected chi connectivity index (χ0v) is 17.0. The van der Waals surface area contributed by atoms with Crippen LogP contribution in [0.1, 0.15) is 27.7 Å². The van der Waals surface area contributed by atoms with E-state index in [1.165, 1.54) is 23.1 Å². The largest absolute Gasteiger partial charge is 0.462 e. The average Bonchev–Trinajstić information content (AvgIpc) is 2.93. The first kappa shape index (κ1) is 19.4. The first-order valence-corrected chi connectivity index (χ1v) is 10.4. The number of fused-ring (bicyclic) bond motifs is 1. The van der Waals surface area contributed by atoms with E-state index in [0.717, 1.165) is 26.4 Å². The fourth-order valence-corrected chi connectivity index (χ4v) is 4.34. The zero-order chi connectivity index (χ0) is 19.4. The Bertz CT molecular complexity index is 998. The highest BCUT2D eigenvalue weighted by molar-refractivity contribution is 7.99. The topological polar surface area (TPSA) is 68.3 Å². The molecule has 0 unspecified atom stereocenters. The van der Waals surface area contributed by atoms with Crippen LogP contribution in [0, 0.1) is 13.8 Å². The lowest BCUT2D eigenvalue weighted by molar-refractivity contribution is -0.113. The van der Waals surface area contributed by atoms with Gasteiger partial charge in [0, 0.05) is 10.3 Å². The lowest BCUT2D eigenvalue weighted by Crippen LogP contribution is -2.16. The van der Waals surface area contributed by atoms with Gasteiger partial charge in [-0.25, -0.2) is 9.78 Å². The van der Waals surface area contributed by atoms with Crippen LogP contribution in [0.4, 0.5) is 5.00 Å². The van der Waals surface area contributed by atoms with Gasteiger partial charge in [0.2, 0.25) is 5.91 Å². The highest BCUT2D eigenvalue weighted by atomic mass is 32.2. The summed E-state index contributed by atoms with van der Waals surface area (Å²) >= 11 is 2.75. The third-order valence-electron chi connectivity index (χ3n) is 4.04. The van der Waals surface area contributed by atoms with Crippen molar-refractivity contribution in [3.63, 3.8) is 0 Å². The minimum atomic E-state index is -0.404. The van der Waals surface area contributed by atoms with E-state index in [4.69, 9.17) is 4.74 Å². The minimum Gasteiger partial charge on any atom is -0.462 e. The van der Waals surface area contributed by atoms with Crippen molar-refractivity contribution in [3.8, 4) is 0 Å². The molecule has 27 heavy (non-hydrogen) atoms. The Kier molecular flexibility index (Phi) is 6.13. The second kappa shape index (κ2) is 8.54. The first-order chi connectivity index (χ1) is 13.0. The number of para-hydroxylation sites is 1. The van der Waals surface area contributed by atoms with Gasteiger partial charge in [-0.2, -0.15) is 0 Å². The molecule has 0 radical (unpaired) electrons. The molecule has 5 nitrogen and oxygen atoms in total. The lowest BCUT2D eigenvalue weighted by Gasteiger charge is -2.07. The van der Waals surface area contributed by atoms with E-state index in [1.54, 1.807) is 6.92 Å². The summed E-state index contributed by atoms with van der Waals surface area (Å²) in [7, 11) is 0. The number of thioether (sulfide) groups is 1. The zero-order valence-electron chi connectivity index (χ0n) is 15.4. The standard InChI is InChI=1S/C20H20N2O3S2/c1-4-25-20(24)18-12(2)13(3)27-19(18)22-16(23)11-26-17-10-9-14-7-5-6-8-15(14)21-17/h5-10H,4,11H2,1-3H3,(H,22,23). The van der Waals surface area contributed by atoms with Gasteiger partial charge >= 0.3 is 5.97 Å². The van der Waals surface area contributed by atoms with Crippen molar-refractivity contribution in [3.05, 3.63) is 52.4 Å². The number of hydrogen-bond donors (Lipinski definition) is 1. The molecule has 3 rings (SSSR count). The molecule has 2 aromatic heterocycles. The van der Waals surface area contributed by atoms with Crippen molar-refractivity contribution in [2.24, 2.45) is 0 Å². The maximum Gasteiger partial charge on any atom is 0.341 e. The van der Waals surface area contributed by atoms with Gasteiger partial charge in [0.05, 0.1) is 28.5 Å². The molecule has 0 saturated carbocycles. The number of rotatable bonds is 6. The number of hydrogen-bond acceptors (Lipinski definition) is 6. The number of nitrogens with zero attached hydrogens (tertiary/aromatic N) is 1. The minimum absolute atomic E-state index is 0.179. The molecular weight excluding hydrogens is 380 g/mol. The average molecular weight is 401 g/mol. The van der Waals surface area contributed by atoms with E-state index in [9.17, 15) is 9.59 Å². The summed E-state index contributed by atoms with van der Waals surface area (Å²) in [5, 5.41) is 5.24. The molecule has 7 heteroatoms. The van der Waals surface area contributed by atoms with Gasteiger partial charge in [0.25, 0.3) is 0 Å².